The van der Waals surface area contributed by atoms with Gasteiger partial charge >= 0.3 is 0 Å². The second-order valence-corrected chi connectivity index (χ2v) is 9.68. The molecular formula is C17H25BrN6O3S. The molecule has 1 atom stereocenters. The van der Waals surface area contributed by atoms with Crippen molar-refractivity contribution in [2.45, 2.75) is 44.7 Å². The van der Waals surface area contributed by atoms with Crippen LogP contribution in [-0.4, -0.2) is 51.3 Å². The number of carbonyl (C=O) groups is 1. The summed E-state index contributed by atoms with van der Waals surface area (Å²) in [5.74, 6) is -0.534. The van der Waals surface area contributed by atoms with Gasteiger partial charge in [-0.25, -0.2) is 8.42 Å². The van der Waals surface area contributed by atoms with Crippen molar-refractivity contribution in [2.24, 2.45) is 13.0 Å². The summed E-state index contributed by atoms with van der Waals surface area (Å²) < 4.78 is 31.5. The minimum absolute atomic E-state index is 0.152. The molecule has 0 radical (unpaired) electrons. The highest BCUT2D eigenvalue weighted by atomic mass is 79.9. The number of aryl methyl sites for hydroxylation is 2. The van der Waals surface area contributed by atoms with E-state index in [9.17, 15) is 13.2 Å². The van der Waals surface area contributed by atoms with Crippen molar-refractivity contribution in [3.05, 3.63) is 28.3 Å². The zero-order chi connectivity index (χ0) is 20.5. The van der Waals surface area contributed by atoms with Gasteiger partial charge in [-0.2, -0.15) is 14.5 Å². The SMILES string of the molecule is CCn1cc(Br)c(CNC(=O)[C@H]2CCCN(S(=O)(=O)c3cnn(C)c3C)C2)n1. The summed E-state index contributed by atoms with van der Waals surface area (Å²) in [4.78, 5) is 12.8. The molecule has 0 saturated carbocycles. The summed E-state index contributed by atoms with van der Waals surface area (Å²) in [6, 6.07) is 0. The van der Waals surface area contributed by atoms with Gasteiger partial charge in [0.15, 0.2) is 0 Å². The number of nitrogens with one attached hydrogen (secondary N) is 1. The Balaban J connectivity index is 1.66. The number of nitrogens with zero attached hydrogens (tertiary/aromatic N) is 5. The van der Waals surface area contributed by atoms with Gasteiger partial charge in [0, 0.05) is 32.9 Å². The Morgan fingerprint density at radius 3 is 2.79 bits per heavy atom. The van der Waals surface area contributed by atoms with Crippen LogP contribution in [0.15, 0.2) is 21.8 Å². The number of rotatable bonds is 6. The summed E-state index contributed by atoms with van der Waals surface area (Å²) >= 11 is 3.44. The van der Waals surface area contributed by atoms with Gasteiger partial charge in [-0.05, 0) is 42.6 Å². The fraction of sp³-hybridized carbons (Fsp3) is 0.588. The van der Waals surface area contributed by atoms with Crippen molar-refractivity contribution < 1.29 is 13.2 Å². The third-order valence-corrected chi connectivity index (χ3v) is 7.73. The fourth-order valence-electron chi connectivity index (χ4n) is 3.28. The average Bonchev–Trinajstić information content (AvgIpc) is 3.22. The Labute approximate surface area is 173 Å². The highest BCUT2D eigenvalue weighted by Crippen LogP contribution is 2.25. The Bertz CT molecular complexity index is 968. The van der Waals surface area contributed by atoms with Crippen molar-refractivity contribution in [3.63, 3.8) is 0 Å². The zero-order valence-electron chi connectivity index (χ0n) is 16.2. The zero-order valence-corrected chi connectivity index (χ0v) is 18.6. The predicted octanol–water partition coefficient (Wildman–Crippen LogP) is 1.42. The van der Waals surface area contributed by atoms with E-state index in [1.807, 2.05) is 13.1 Å². The molecule has 0 aromatic carbocycles. The third kappa shape index (κ3) is 4.15. The van der Waals surface area contributed by atoms with Crippen LogP contribution >= 0.6 is 15.9 Å². The summed E-state index contributed by atoms with van der Waals surface area (Å²) in [7, 11) is -1.96. The minimum atomic E-state index is -3.67. The molecule has 0 aliphatic carbocycles. The number of carbonyl (C=O) groups excluding carboxylic acids is 1. The number of sulfonamides is 1. The summed E-state index contributed by atoms with van der Waals surface area (Å²) in [6.07, 6.45) is 4.54. The second kappa shape index (κ2) is 8.34. The molecule has 1 aliphatic rings. The second-order valence-electron chi connectivity index (χ2n) is 6.92. The number of halogens is 1. The van der Waals surface area contributed by atoms with Crippen LogP contribution in [0.25, 0.3) is 0 Å². The molecule has 1 fully saturated rings. The molecular weight excluding hydrogens is 448 g/mol. The topological polar surface area (TPSA) is 102 Å². The highest BCUT2D eigenvalue weighted by Gasteiger charge is 2.35. The lowest BCUT2D eigenvalue weighted by Gasteiger charge is -2.31. The first kappa shape index (κ1) is 21.0. The quantitative estimate of drug-likeness (QED) is 0.684. The molecule has 1 saturated heterocycles. The van der Waals surface area contributed by atoms with E-state index in [4.69, 9.17) is 0 Å². The van der Waals surface area contributed by atoms with Gasteiger partial charge in [-0.3, -0.25) is 14.2 Å². The standard InChI is InChI=1S/C17H25BrN6O3S/c1-4-23-11-14(18)15(21-23)8-19-17(25)13-6-5-7-24(10-13)28(26,27)16-9-20-22(3)12(16)2/h9,11,13H,4-8,10H2,1-3H3,(H,19,25)/t13-/m0/s1. The van der Waals surface area contributed by atoms with Crippen LogP contribution in [0.4, 0.5) is 0 Å². The van der Waals surface area contributed by atoms with E-state index in [1.165, 1.54) is 15.2 Å². The molecule has 2 aromatic rings. The number of hydrogen-bond donors (Lipinski definition) is 1. The summed E-state index contributed by atoms with van der Waals surface area (Å²) in [5.41, 5.74) is 1.34. The molecule has 3 heterocycles. The maximum absolute atomic E-state index is 13.0. The maximum Gasteiger partial charge on any atom is 0.246 e. The van der Waals surface area contributed by atoms with Crippen molar-refractivity contribution in [3.8, 4) is 0 Å². The molecule has 0 spiro atoms. The molecule has 1 amide bonds. The van der Waals surface area contributed by atoms with Crippen LogP contribution < -0.4 is 5.32 Å². The lowest BCUT2D eigenvalue weighted by molar-refractivity contribution is -0.126. The summed E-state index contributed by atoms with van der Waals surface area (Å²) in [5, 5.41) is 11.3. The van der Waals surface area contributed by atoms with E-state index in [1.54, 1.807) is 18.7 Å². The Kier molecular flexibility index (Phi) is 6.25. The van der Waals surface area contributed by atoms with Crippen molar-refractivity contribution in [1.82, 2.24) is 29.2 Å². The first-order valence-electron chi connectivity index (χ1n) is 9.22. The molecule has 0 unspecified atom stereocenters. The van der Waals surface area contributed by atoms with Crippen LogP contribution in [0.5, 0.6) is 0 Å². The van der Waals surface area contributed by atoms with Crippen LogP contribution in [-0.2, 0) is 35.0 Å². The van der Waals surface area contributed by atoms with E-state index < -0.39 is 10.0 Å². The van der Waals surface area contributed by atoms with Gasteiger partial charge in [-0.15, -0.1) is 0 Å². The average molecular weight is 473 g/mol. The van der Waals surface area contributed by atoms with Crippen molar-refractivity contribution in [2.75, 3.05) is 13.1 Å². The largest absolute Gasteiger partial charge is 0.350 e. The third-order valence-electron chi connectivity index (χ3n) is 5.10. The van der Waals surface area contributed by atoms with Crippen LogP contribution in [0.1, 0.15) is 31.2 Å². The molecule has 1 N–H and O–H groups in total. The molecule has 28 heavy (non-hydrogen) atoms. The van der Waals surface area contributed by atoms with Crippen molar-refractivity contribution >= 4 is 31.9 Å². The van der Waals surface area contributed by atoms with E-state index in [0.29, 0.717) is 31.6 Å². The first-order chi connectivity index (χ1) is 13.2. The molecule has 3 rings (SSSR count). The Hall–Kier alpha value is -1.72. The number of hydrogen-bond acceptors (Lipinski definition) is 5. The van der Waals surface area contributed by atoms with Gasteiger partial charge in [-0.1, -0.05) is 0 Å². The van der Waals surface area contributed by atoms with Crippen molar-refractivity contribution in [1.29, 1.82) is 0 Å². The van der Waals surface area contributed by atoms with E-state index in [2.05, 4.69) is 31.4 Å². The minimum Gasteiger partial charge on any atom is -0.350 e. The van der Waals surface area contributed by atoms with Gasteiger partial charge in [0.25, 0.3) is 0 Å². The van der Waals surface area contributed by atoms with E-state index in [0.717, 1.165) is 16.7 Å². The lowest BCUT2D eigenvalue weighted by Crippen LogP contribution is -2.45. The predicted molar refractivity (Wildman–Crippen MR) is 107 cm³/mol. The molecule has 2 aromatic heterocycles. The molecule has 0 bridgehead atoms. The van der Waals surface area contributed by atoms with E-state index in [-0.39, 0.29) is 23.3 Å². The van der Waals surface area contributed by atoms with Crippen LogP contribution in [0.2, 0.25) is 0 Å². The highest BCUT2D eigenvalue weighted by molar-refractivity contribution is 9.10. The normalized spacial score (nSPS) is 18.4. The Morgan fingerprint density at radius 2 is 2.18 bits per heavy atom. The van der Waals surface area contributed by atoms with E-state index >= 15 is 0 Å². The first-order valence-corrected chi connectivity index (χ1v) is 11.5. The van der Waals surface area contributed by atoms with Crippen LogP contribution in [0, 0.1) is 12.8 Å². The number of aromatic nitrogens is 4. The molecule has 11 heteroatoms. The lowest BCUT2D eigenvalue weighted by atomic mass is 9.99. The monoisotopic (exact) mass is 472 g/mol. The van der Waals surface area contributed by atoms with Gasteiger partial charge in [0.1, 0.15) is 4.90 Å². The number of piperidine rings is 1. The summed E-state index contributed by atoms with van der Waals surface area (Å²) in [6.45, 7) is 5.34. The van der Waals surface area contributed by atoms with Gasteiger partial charge in [0.05, 0.1) is 34.5 Å². The molecule has 1 aliphatic heterocycles. The maximum atomic E-state index is 13.0. The van der Waals surface area contributed by atoms with Gasteiger partial charge in [0.2, 0.25) is 15.9 Å². The Morgan fingerprint density at radius 1 is 1.43 bits per heavy atom. The smallest absolute Gasteiger partial charge is 0.246 e. The molecule has 154 valence electrons. The fourth-order valence-corrected chi connectivity index (χ4v) is 5.45. The van der Waals surface area contributed by atoms with Crippen LogP contribution in [0.3, 0.4) is 0 Å². The van der Waals surface area contributed by atoms with Gasteiger partial charge < -0.3 is 5.32 Å². The number of amides is 1. The molecule has 9 nitrogen and oxygen atoms in total.